The van der Waals surface area contributed by atoms with Crippen molar-refractivity contribution in [1.29, 1.82) is 0 Å². The Kier molecular flexibility index (Phi) is 5.86. The quantitative estimate of drug-likeness (QED) is 0.692. The third-order valence-electron chi connectivity index (χ3n) is 2.55. The first-order chi connectivity index (χ1) is 8.17. The van der Waals surface area contributed by atoms with E-state index in [1.54, 1.807) is 13.3 Å². The van der Waals surface area contributed by atoms with Gasteiger partial charge in [-0.1, -0.05) is 6.92 Å². The summed E-state index contributed by atoms with van der Waals surface area (Å²) in [6.45, 7) is 5.50. The Morgan fingerprint density at radius 3 is 2.94 bits per heavy atom. The number of aromatic amines is 1. The molecule has 0 bridgehead atoms. The molecule has 0 saturated heterocycles. The van der Waals surface area contributed by atoms with Crippen molar-refractivity contribution in [2.75, 3.05) is 13.7 Å². The van der Waals surface area contributed by atoms with E-state index in [1.807, 2.05) is 6.92 Å². The first kappa shape index (κ1) is 13.9. The van der Waals surface area contributed by atoms with Crippen molar-refractivity contribution in [3.05, 3.63) is 27.9 Å². The lowest BCUT2D eigenvalue weighted by atomic mass is 10.2. The summed E-state index contributed by atoms with van der Waals surface area (Å²) in [5, 5.41) is 3.18. The third kappa shape index (κ3) is 4.66. The lowest BCUT2D eigenvalue weighted by Gasteiger charge is -2.08. The fraction of sp³-hybridized carbons (Fsp3) is 0.667. The molecule has 1 rings (SSSR count). The molecule has 0 radical (unpaired) electrons. The van der Waals surface area contributed by atoms with E-state index in [1.165, 1.54) is 0 Å². The number of aromatic nitrogens is 2. The van der Waals surface area contributed by atoms with Gasteiger partial charge in [-0.15, -0.1) is 0 Å². The van der Waals surface area contributed by atoms with Crippen LogP contribution < -0.4 is 10.9 Å². The summed E-state index contributed by atoms with van der Waals surface area (Å²) in [5.74, 6) is 0.670. The van der Waals surface area contributed by atoms with Crippen molar-refractivity contribution in [2.24, 2.45) is 0 Å². The molecule has 5 heteroatoms. The highest BCUT2D eigenvalue weighted by Crippen LogP contribution is 1.98. The number of ether oxygens (including phenoxy) is 1. The van der Waals surface area contributed by atoms with E-state index in [0.717, 1.165) is 13.0 Å². The van der Waals surface area contributed by atoms with Crippen LogP contribution in [0.25, 0.3) is 0 Å². The summed E-state index contributed by atoms with van der Waals surface area (Å²) in [4.78, 5) is 18.7. The van der Waals surface area contributed by atoms with Crippen molar-refractivity contribution in [3.8, 4) is 0 Å². The van der Waals surface area contributed by atoms with Crippen LogP contribution in [0.3, 0.4) is 0 Å². The fourth-order valence-corrected chi connectivity index (χ4v) is 1.44. The zero-order chi connectivity index (χ0) is 12.7. The zero-order valence-corrected chi connectivity index (χ0v) is 10.7. The van der Waals surface area contributed by atoms with Crippen LogP contribution in [-0.4, -0.2) is 29.7 Å². The van der Waals surface area contributed by atoms with E-state index in [2.05, 4.69) is 22.2 Å². The third-order valence-corrected chi connectivity index (χ3v) is 2.55. The predicted octanol–water partition coefficient (Wildman–Crippen LogP) is 0.847. The van der Waals surface area contributed by atoms with Crippen molar-refractivity contribution < 1.29 is 4.74 Å². The van der Waals surface area contributed by atoms with E-state index in [4.69, 9.17) is 4.74 Å². The van der Waals surface area contributed by atoms with Crippen LogP contribution in [0.2, 0.25) is 0 Å². The number of H-pyrrole nitrogens is 1. The minimum absolute atomic E-state index is 0.0576. The Labute approximate surface area is 102 Å². The fourth-order valence-electron chi connectivity index (χ4n) is 1.44. The van der Waals surface area contributed by atoms with Crippen LogP contribution in [0.1, 0.15) is 31.7 Å². The van der Waals surface area contributed by atoms with Gasteiger partial charge in [0.25, 0.3) is 5.56 Å². The Balaban J connectivity index is 2.63. The molecule has 1 atom stereocenters. The number of methoxy groups -OCH3 is 1. The molecule has 0 aliphatic heterocycles. The second kappa shape index (κ2) is 7.19. The standard InChI is InChI=1S/C12H21N3O2/c1-4-5-13-7-10-8-14-11(15-12(10)16)6-9(2)17-3/h8-9,13H,4-7H2,1-3H3,(H,14,15,16). The first-order valence-corrected chi connectivity index (χ1v) is 5.98. The van der Waals surface area contributed by atoms with Gasteiger partial charge in [0.15, 0.2) is 0 Å². The van der Waals surface area contributed by atoms with Crippen LogP contribution in [-0.2, 0) is 17.7 Å². The minimum atomic E-state index is -0.0677. The molecule has 0 amide bonds. The van der Waals surface area contributed by atoms with Crippen molar-refractivity contribution in [2.45, 2.75) is 39.3 Å². The molecule has 2 N–H and O–H groups in total. The summed E-state index contributed by atoms with van der Waals surface area (Å²) < 4.78 is 5.13. The Bertz CT molecular complexity index is 390. The molecule has 17 heavy (non-hydrogen) atoms. The summed E-state index contributed by atoms with van der Waals surface area (Å²) in [6, 6.07) is 0. The lowest BCUT2D eigenvalue weighted by Crippen LogP contribution is -2.24. The average molecular weight is 239 g/mol. The molecule has 0 saturated carbocycles. The molecule has 96 valence electrons. The molecule has 1 heterocycles. The molecular weight excluding hydrogens is 218 g/mol. The highest BCUT2D eigenvalue weighted by Gasteiger charge is 2.06. The van der Waals surface area contributed by atoms with E-state index in [-0.39, 0.29) is 11.7 Å². The summed E-state index contributed by atoms with van der Waals surface area (Å²) >= 11 is 0. The zero-order valence-electron chi connectivity index (χ0n) is 10.7. The molecule has 0 aliphatic rings. The predicted molar refractivity (Wildman–Crippen MR) is 67.0 cm³/mol. The van der Waals surface area contributed by atoms with Crippen molar-refractivity contribution in [1.82, 2.24) is 15.3 Å². The van der Waals surface area contributed by atoms with Gasteiger partial charge in [0.1, 0.15) is 5.82 Å². The van der Waals surface area contributed by atoms with Crippen molar-refractivity contribution >= 4 is 0 Å². The minimum Gasteiger partial charge on any atom is -0.381 e. The molecule has 5 nitrogen and oxygen atoms in total. The van der Waals surface area contributed by atoms with Crippen LogP contribution in [0.4, 0.5) is 0 Å². The smallest absolute Gasteiger partial charge is 0.255 e. The molecule has 0 aromatic carbocycles. The Morgan fingerprint density at radius 2 is 2.35 bits per heavy atom. The van der Waals surface area contributed by atoms with Crippen LogP contribution in [0.5, 0.6) is 0 Å². The van der Waals surface area contributed by atoms with Crippen LogP contribution in [0, 0.1) is 0 Å². The number of hydrogen-bond donors (Lipinski definition) is 2. The molecule has 1 aromatic heterocycles. The molecule has 0 spiro atoms. The Morgan fingerprint density at radius 1 is 1.59 bits per heavy atom. The van der Waals surface area contributed by atoms with Crippen LogP contribution in [0.15, 0.2) is 11.0 Å². The number of nitrogens with zero attached hydrogens (tertiary/aromatic N) is 1. The van der Waals surface area contributed by atoms with Gasteiger partial charge in [0.05, 0.1) is 6.10 Å². The monoisotopic (exact) mass is 239 g/mol. The number of nitrogens with one attached hydrogen (secondary N) is 2. The van der Waals surface area contributed by atoms with Gasteiger partial charge in [-0.25, -0.2) is 4.98 Å². The van der Waals surface area contributed by atoms with Gasteiger partial charge in [0, 0.05) is 31.8 Å². The number of hydrogen-bond acceptors (Lipinski definition) is 4. The van der Waals surface area contributed by atoms with E-state index in [0.29, 0.717) is 24.4 Å². The number of rotatable bonds is 7. The van der Waals surface area contributed by atoms with Crippen molar-refractivity contribution in [3.63, 3.8) is 0 Å². The molecule has 1 unspecified atom stereocenters. The summed E-state index contributed by atoms with van der Waals surface area (Å²) in [6.07, 6.45) is 3.37. The topological polar surface area (TPSA) is 67.0 Å². The van der Waals surface area contributed by atoms with Crippen LogP contribution >= 0.6 is 0 Å². The first-order valence-electron chi connectivity index (χ1n) is 5.98. The Hall–Kier alpha value is -1.20. The SMILES string of the molecule is CCCNCc1cnc(CC(C)OC)[nH]c1=O. The summed E-state index contributed by atoms with van der Waals surface area (Å²) in [7, 11) is 1.64. The normalized spacial score (nSPS) is 12.6. The van der Waals surface area contributed by atoms with Gasteiger partial charge in [-0.05, 0) is 19.9 Å². The van der Waals surface area contributed by atoms with Gasteiger partial charge in [-0.2, -0.15) is 0 Å². The van der Waals surface area contributed by atoms with Gasteiger partial charge < -0.3 is 15.0 Å². The molecular formula is C12H21N3O2. The lowest BCUT2D eigenvalue weighted by molar-refractivity contribution is 0.117. The van der Waals surface area contributed by atoms with Gasteiger partial charge in [0.2, 0.25) is 0 Å². The molecule has 0 aliphatic carbocycles. The van der Waals surface area contributed by atoms with E-state index in [9.17, 15) is 4.79 Å². The average Bonchev–Trinajstić information content (AvgIpc) is 2.32. The van der Waals surface area contributed by atoms with Gasteiger partial charge >= 0.3 is 0 Å². The maximum absolute atomic E-state index is 11.7. The van der Waals surface area contributed by atoms with E-state index >= 15 is 0 Å². The largest absolute Gasteiger partial charge is 0.381 e. The molecule has 0 fully saturated rings. The molecule has 1 aromatic rings. The maximum Gasteiger partial charge on any atom is 0.255 e. The van der Waals surface area contributed by atoms with Gasteiger partial charge in [-0.3, -0.25) is 4.79 Å². The highest BCUT2D eigenvalue weighted by molar-refractivity contribution is 5.06. The van der Waals surface area contributed by atoms with E-state index < -0.39 is 0 Å². The maximum atomic E-state index is 11.7. The summed E-state index contributed by atoms with van der Waals surface area (Å²) in [5.41, 5.74) is 0.606. The second-order valence-corrected chi connectivity index (χ2v) is 4.11. The second-order valence-electron chi connectivity index (χ2n) is 4.11. The highest BCUT2D eigenvalue weighted by atomic mass is 16.5.